The first-order valence-electron chi connectivity index (χ1n) is 11.1. The number of ether oxygens (including phenoxy) is 1. The van der Waals surface area contributed by atoms with Crippen LogP contribution in [0.5, 0.6) is 5.75 Å². The maximum atomic E-state index is 12.5. The fourth-order valence-electron chi connectivity index (χ4n) is 3.15. The third-order valence-corrected chi connectivity index (χ3v) is 6.68. The summed E-state index contributed by atoms with van der Waals surface area (Å²) in [7, 11) is -3.66. The Morgan fingerprint density at radius 3 is 2.29 bits per heavy atom. The van der Waals surface area contributed by atoms with E-state index in [-0.39, 0.29) is 29.2 Å². The van der Waals surface area contributed by atoms with Crippen molar-refractivity contribution in [3.05, 3.63) is 89.7 Å². The highest BCUT2D eigenvalue weighted by atomic mass is 32.2. The average Bonchev–Trinajstić information content (AvgIpc) is 2.82. The van der Waals surface area contributed by atoms with E-state index < -0.39 is 10.0 Å². The van der Waals surface area contributed by atoms with Gasteiger partial charge in [-0.25, -0.2) is 13.1 Å². The van der Waals surface area contributed by atoms with Crippen LogP contribution in [-0.4, -0.2) is 25.9 Å². The Balaban J connectivity index is 1.40. The second-order valence-corrected chi connectivity index (χ2v) is 10.7. The zero-order valence-corrected chi connectivity index (χ0v) is 20.6. The number of nitrogens with zero attached hydrogens (tertiary/aromatic N) is 1. The van der Waals surface area contributed by atoms with Crippen molar-refractivity contribution in [1.29, 1.82) is 0 Å². The lowest BCUT2D eigenvalue weighted by Gasteiger charge is -2.19. The molecular formula is C26H31N3O4S. The van der Waals surface area contributed by atoms with Crippen LogP contribution < -0.4 is 14.8 Å². The summed E-state index contributed by atoms with van der Waals surface area (Å²) in [5.74, 6) is 0.479. The first-order valence-corrected chi connectivity index (χ1v) is 12.6. The number of aromatic nitrogens is 1. The van der Waals surface area contributed by atoms with Gasteiger partial charge in [-0.15, -0.1) is 0 Å². The Morgan fingerprint density at radius 2 is 1.68 bits per heavy atom. The number of nitrogens with one attached hydrogen (secondary N) is 2. The summed E-state index contributed by atoms with van der Waals surface area (Å²) < 4.78 is 33.1. The molecule has 0 aliphatic carbocycles. The number of rotatable bonds is 10. The first-order chi connectivity index (χ1) is 16.1. The van der Waals surface area contributed by atoms with E-state index in [1.807, 2.05) is 54.6 Å². The van der Waals surface area contributed by atoms with Gasteiger partial charge in [0, 0.05) is 25.7 Å². The summed E-state index contributed by atoms with van der Waals surface area (Å²) in [6.45, 7) is 6.96. The lowest BCUT2D eigenvalue weighted by molar-refractivity contribution is -0.121. The number of amides is 1. The monoisotopic (exact) mass is 481 g/mol. The number of hydrogen-bond acceptors (Lipinski definition) is 5. The minimum atomic E-state index is -3.66. The maximum absolute atomic E-state index is 12.5. The van der Waals surface area contributed by atoms with Gasteiger partial charge in [-0.3, -0.25) is 9.78 Å². The van der Waals surface area contributed by atoms with Gasteiger partial charge >= 0.3 is 0 Å². The number of hydrogen-bond donors (Lipinski definition) is 2. The summed E-state index contributed by atoms with van der Waals surface area (Å²) in [5.41, 5.74) is 2.76. The normalized spacial score (nSPS) is 11.7. The molecule has 0 atom stereocenters. The smallest absolute Gasteiger partial charge is 0.240 e. The van der Waals surface area contributed by atoms with Gasteiger partial charge in [0.25, 0.3) is 0 Å². The van der Waals surface area contributed by atoms with E-state index in [0.29, 0.717) is 18.9 Å². The van der Waals surface area contributed by atoms with Gasteiger partial charge < -0.3 is 10.1 Å². The van der Waals surface area contributed by atoms with E-state index in [9.17, 15) is 13.2 Å². The first kappa shape index (κ1) is 25.4. The van der Waals surface area contributed by atoms with Crippen LogP contribution in [0.3, 0.4) is 0 Å². The van der Waals surface area contributed by atoms with Crippen LogP contribution in [0, 0.1) is 0 Å². The molecule has 34 heavy (non-hydrogen) atoms. The van der Waals surface area contributed by atoms with Gasteiger partial charge in [0.1, 0.15) is 12.4 Å². The molecule has 0 radical (unpaired) electrons. The molecule has 1 amide bonds. The largest absolute Gasteiger partial charge is 0.487 e. The molecule has 0 aliphatic rings. The lowest BCUT2D eigenvalue weighted by Crippen LogP contribution is -2.30. The quantitative estimate of drug-likeness (QED) is 0.457. The number of benzene rings is 2. The van der Waals surface area contributed by atoms with E-state index in [4.69, 9.17) is 4.74 Å². The van der Waals surface area contributed by atoms with Crippen LogP contribution in [0.15, 0.2) is 77.8 Å². The third-order valence-electron chi connectivity index (χ3n) is 5.20. The SMILES string of the molecule is CC(C)(C)c1ccc(S(=O)(=O)NCCC(=O)NCc2ccc(OCc3ccccn3)cc2)cc1. The minimum Gasteiger partial charge on any atom is -0.487 e. The van der Waals surface area contributed by atoms with Crippen molar-refractivity contribution in [2.24, 2.45) is 0 Å². The van der Waals surface area contributed by atoms with E-state index in [0.717, 1.165) is 16.8 Å². The van der Waals surface area contributed by atoms with Crippen LogP contribution >= 0.6 is 0 Å². The van der Waals surface area contributed by atoms with E-state index in [1.165, 1.54) is 0 Å². The Morgan fingerprint density at radius 1 is 0.971 bits per heavy atom. The van der Waals surface area contributed by atoms with Crippen LogP contribution in [0.1, 0.15) is 44.0 Å². The number of sulfonamides is 1. The van der Waals surface area contributed by atoms with Gasteiger partial charge in [-0.05, 0) is 52.9 Å². The Kier molecular flexibility index (Phi) is 8.41. The predicted octanol–water partition coefficient (Wildman–Crippen LogP) is 3.94. The molecular weight excluding hydrogens is 450 g/mol. The Hall–Kier alpha value is -3.23. The topological polar surface area (TPSA) is 97.4 Å². The van der Waals surface area contributed by atoms with Crippen molar-refractivity contribution in [3.8, 4) is 5.75 Å². The molecule has 0 bridgehead atoms. The van der Waals surface area contributed by atoms with Gasteiger partial charge in [-0.2, -0.15) is 0 Å². The highest BCUT2D eigenvalue weighted by Gasteiger charge is 2.17. The zero-order valence-electron chi connectivity index (χ0n) is 19.7. The molecule has 0 saturated heterocycles. The molecule has 0 spiro atoms. The van der Waals surface area contributed by atoms with Crippen molar-refractivity contribution in [2.75, 3.05) is 6.54 Å². The molecule has 7 nitrogen and oxygen atoms in total. The number of carbonyl (C=O) groups excluding carboxylic acids is 1. The van der Waals surface area contributed by atoms with Gasteiger partial charge in [0.05, 0.1) is 10.6 Å². The molecule has 3 aromatic rings. The highest BCUT2D eigenvalue weighted by molar-refractivity contribution is 7.89. The van der Waals surface area contributed by atoms with Crippen molar-refractivity contribution >= 4 is 15.9 Å². The summed E-state index contributed by atoms with van der Waals surface area (Å²) in [4.78, 5) is 16.5. The molecule has 0 unspecified atom stereocenters. The van der Waals surface area contributed by atoms with Gasteiger partial charge in [0.2, 0.25) is 15.9 Å². The zero-order chi connectivity index (χ0) is 24.6. The Bertz CT molecular complexity index is 1170. The molecule has 180 valence electrons. The predicted molar refractivity (Wildman–Crippen MR) is 132 cm³/mol. The third kappa shape index (κ3) is 7.67. The van der Waals surface area contributed by atoms with E-state index >= 15 is 0 Å². The van der Waals surface area contributed by atoms with Crippen molar-refractivity contribution in [2.45, 2.75) is 50.7 Å². The fraction of sp³-hybridized carbons (Fsp3) is 0.308. The molecule has 1 aromatic heterocycles. The second kappa shape index (κ2) is 11.3. The van der Waals surface area contributed by atoms with Crippen molar-refractivity contribution in [3.63, 3.8) is 0 Å². The number of pyridine rings is 1. The average molecular weight is 482 g/mol. The standard InChI is InChI=1S/C26H31N3O4S/c1-26(2,3)21-9-13-24(14-10-21)34(31,32)29-17-15-25(30)28-18-20-7-11-23(12-8-20)33-19-22-6-4-5-16-27-22/h4-14,16,29H,15,17-19H2,1-3H3,(H,28,30). The summed E-state index contributed by atoms with van der Waals surface area (Å²) in [6, 6.07) is 19.9. The lowest BCUT2D eigenvalue weighted by atomic mass is 9.87. The van der Waals surface area contributed by atoms with Gasteiger partial charge in [-0.1, -0.05) is 51.1 Å². The minimum absolute atomic E-state index is 0.0233. The van der Waals surface area contributed by atoms with E-state index in [1.54, 1.807) is 18.3 Å². The van der Waals surface area contributed by atoms with Crippen molar-refractivity contribution in [1.82, 2.24) is 15.0 Å². The van der Waals surface area contributed by atoms with Crippen molar-refractivity contribution < 1.29 is 17.9 Å². The second-order valence-electron chi connectivity index (χ2n) is 8.95. The molecule has 0 fully saturated rings. The fourth-order valence-corrected chi connectivity index (χ4v) is 4.18. The molecule has 2 N–H and O–H groups in total. The van der Waals surface area contributed by atoms with Crippen LogP contribution in [0.25, 0.3) is 0 Å². The molecule has 8 heteroatoms. The molecule has 3 rings (SSSR count). The maximum Gasteiger partial charge on any atom is 0.240 e. The van der Waals surface area contributed by atoms with Crippen LogP contribution in [0.2, 0.25) is 0 Å². The molecule has 1 heterocycles. The summed E-state index contributed by atoms with van der Waals surface area (Å²) >= 11 is 0. The molecule has 0 saturated carbocycles. The van der Waals surface area contributed by atoms with Crippen LogP contribution in [0.4, 0.5) is 0 Å². The van der Waals surface area contributed by atoms with Crippen LogP contribution in [-0.2, 0) is 33.4 Å². The summed E-state index contributed by atoms with van der Waals surface area (Å²) in [6.07, 6.45) is 1.77. The highest BCUT2D eigenvalue weighted by Crippen LogP contribution is 2.23. The molecule has 2 aromatic carbocycles. The molecule has 0 aliphatic heterocycles. The van der Waals surface area contributed by atoms with E-state index in [2.05, 4.69) is 35.8 Å². The van der Waals surface area contributed by atoms with Gasteiger partial charge in [0.15, 0.2) is 0 Å². The number of carbonyl (C=O) groups is 1. The summed E-state index contributed by atoms with van der Waals surface area (Å²) in [5, 5.41) is 2.80. The Labute approximate surface area is 201 Å².